The minimum absolute atomic E-state index is 0.0948. The maximum absolute atomic E-state index is 12.5. The Kier molecular flexibility index (Phi) is 6.26. The van der Waals surface area contributed by atoms with E-state index in [2.05, 4.69) is 16.3 Å². The largest absolute Gasteiger partial charge is 0.323 e. The van der Waals surface area contributed by atoms with Gasteiger partial charge in [-0.15, -0.1) is 11.3 Å². The molecule has 1 heterocycles. The van der Waals surface area contributed by atoms with Crippen molar-refractivity contribution in [2.45, 2.75) is 26.4 Å². The van der Waals surface area contributed by atoms with E-state index in [4.69, 9.17) is 23.2 Å². The van der Waals surface area contributed by atoms with Gasteiger partial charge in [-0.1, -0.05) is 36.2 Å². The minimum Gasteiger partial charge on any atom is -0.323 e. The molecule has 1 N–H and O–H groups in total. The number of halogens is 2. The number of hydrogen-bond acceptors (Lipinski definition) is 3. The van der Waals surface area contributed by atoms with Gasteiger partial charge in [0, 0.05) is 16.4 Å². The van der Waals surface area contributed by atoms with Crippen LogP contribution in [0, 0.1) is 0 Å². The van der Waals surface area contributed by atoms with Gasteiger partial charge in [0.2, 0.25) is 5.91 Å². The molecule has 1 atom stereocenters. The lowest BCUT2D eigenvalue weighted by atomic mass is 10.2. The first-order valence-electron chi connectivity index (χ1n) is 7.03. The van der Waals surface area contributed by atoms with Crippen LogP contribution in [0.15, 0.2) is 35.7 Å². The highest BCUT2D eigenvalue weighted by Gasteiger charge is 2.21. The van der Waals surface area contributed by atoms with Crippen LogP contribution < -0.4 is 5.32 Å². The van der Waals surface area contributed by atoms with Crippen molar-refractivity contribution in [1.82, 2.24) is 4.90 Å². The van der Waals surface area contributed by atoms with Crippen molar-refractivity contribution in [2.75, 3.05) is 11.9 Å². The van der Waals surface area contributed by atoms with Gasteiger partial charge in [-0.3, -0.25) is 9.69 Å². The summed E-state index contributed by atoms with van der Waals surface area (Å²) in [6.07, 6.45) is 0. The summed E-state index contributed by atoms with van der Waals surface area (Å²) < 4.78 is 0. The van der Waals surface area contributed by atoms with E-state index in [-0.39, 0.29) is 11.9 Å². The number of carbonyl (C=O) groups excluding carboxylic acids is 1. The Morgan fingerprint density at radius 3 is 2.77 bits per heavy atom. The lowest BCUT2D eigenvalue weighted by Crippen LogP contribution is -2.41. The molecule has 0 saturated heterocycles. The molecule has 2 aromatic rings. The second-order valence-electron chi connectivity index (χ2n) is 4.93. The Morgan fingerprint density at radius 1 is 1.36 bits per heavy atom. The fourth-order valence-electron chi connectivity index (χ4n) is 2.12. The van der Waals surface area contributed by atoms with Gasteiger partial charge in [0.05, 0.1) is 16.8 Å². The van der Waals surface area contributed by atoms with Crippen LogP contribution in [-0.2, 0) is 11.3 Å². The summed E-state index contributed by atoms with van der Waals surface area (Å²) in [5.74, 6) is -0.0948. The van der Waals surface area contributed by atoms with Crippen molar-refractivity contribution in [3.05, 3.63) is 50.6 Å². The van der Waals surface area contributed by atoms with E-state index in [1.54, 1.807) is 29.5 Å². The Labute approximate surface area is 144 Å². The first kappa shape index (κ1) is 17.3. The molecular formula is C16H18Cl2N2OS. The number of amides is 1. The van der Waals surface area contributed by atoms with Crippen LogP contribution in [0.2, 0.25) is 10.0 Å². The number of thiophene rings is 1. The first-order chi connectivity index (χ1) is 10.5. The van der Waals surface area contributed by atoms with E-state index >= 15 is 0 Å². The van der Waals surface area contributed by atoms with Gasteiger partial charge in [0.25, 0.3) is 0 Å². The van der Waals surface area contributed by atoms with E-state index in [0.717, 1.165) is 13.1 Å². The SMILES string of the molecule is CCN(Cc1cccs1)[C@H](C)C(=O)Nc1cc(Cl)ccc1Cl. The molecule has 3 nitrogen and oxygen atoms in total. The smallest absolute Gasteiger partial charge is 0.241 e. The van der Waals surface area contributed by atoms with E-state index in [0.29, 0.717) is 15.7 Å². The second-order valence-corrected chi connectivity index (χ2v) is 6.81. The van der Waals surface area contributed by atoms with E-state index < -0.39 is 0 Å². The normalized spacial score (nSPS) is 12.4. The summed E-state index contributed by atoms with van der Waals surface area (Å²) in [4.78, 5) is 15.8. The fraction of sp³-hybridized carbons (Fsp3) is 0.312. The number of carbonyl (C=O) groups is 1. The molecule has 0 unspecified atom stereocenters. The van der Waals surface area contributed by atoms with Crippen molar-refractivity contribution >= 4 is 46.1 Å². The summed E-state index contributed by atoms with van der Waals surface area (Å²) in [6.45, 7) is 5.48. The van der Waals surface area contributed by atoms with Crippen LogP contribution >= 0.6 is 34.5 Å². The number of nitrogens with zero attached hydrogens (tertiary/aromatic N) is 1. The van der Waals surface area contributed by atoms with Crippen LogP contribution in [0.1, 0.15) is 18.7 Å². The molecule has 0 spiro atoms. The van der Waals surface area contributed by atoms with Crippen LogP contribution in [0.4, 0.5) is 5.69 Å². The molecule has 22 heavy (non-hydrogen) atoms. The monoisotopic (exact) mass is 356 g/mol. The molecular weight excluding hydrogens is 339 g/mol. The van der Waals surface area contributed by atoms with Gasteiger partial charge in [0.15, 0.2) is 0 Å². The van der Waals surface area contributed by atoms with Gasteiger partial charge in [-0.2, -0.15) is 0 Å². The molecule has 0 bridgehead atoms. The highest BCUT2D eigenvalue weighted by molar-refractivity contribution is 7.09. The predicted molar refractivity (Wildman–Crippen MR) is 95.0 cm³/mol. The quantitative estimate of drug-likeness (QED) is 0.797. The summed E-state index contributed by atoms with van der Waals surface area (Å²) >= 11 is 13.7. The molecule has 118 valence electrons. The van der Waals surface area contributed by atoms with Crippen molar-refractivity contribution in [1.29, 1.82) is 0 Å². The zero-order chi connectivity index (χ0) is 16.1. The number of anilines is 1. The molecule has 1 aromatic heterocycles. The Morgan fingerprint density at radius 2 is 2.14 bits per heavy atom. The number of benzene rings is 1. The average Bonchev–Trinajstić information content (AvgIpc) is 3.00. The molecule has 0 aliphatic heterocycles. The van der Waals surface area contributed by atoms with Gasteiger partial charge in [-0.25, -0.2) is 0 Å². The maximum Gasteiger partial charge on any atom is 0.241 e. The van der Waals surface area contributed by atoms with E-state index in [9.17, 15) is 4.79 Å². The zero-order valence-electron chi connectivity index (χ0n) is 12.5. The zero-order valence-corrected chi connectivity index (χ0v) is 14.8. The van der Waals surface area contributed by atoms with E-state index in [1.807, 2.05) is 25.3 Å². The predicted octanol–water partition coefficient (Wildman–Crippen LogP) is 4.90. The Hall–Kier alpha value is -1.07. The van der Waals surface area contributed by atoms with Crippen molar-refractivity contribution in [3.8, 4) is 0 Å². The van der Waals surface area contributed by atoms with Gasteiger partial charge in [-0.05, 0) is 43.1 Å². The number of hydrogen-bond donors (Lipinski definition) is 1. The molecule has 1 aromatic carbocycles. The maximum atomic E-state index is 12.5. The lowest BCUT2D eigenvalue weighted by Gasteiger charge is -2.26. The van der Waals surface area contributed by atoms with Crippen LogP contribution in [0.5, 0.6) is 0 Å². The Bertz CT molecular complexity index is 631. The molecule has 6 heteroatoms. The van der Waals surface area contributed by atoms with Crippen LogP contribution in [0.3, 0.4) is 0 Å². The summed E-state index contributed by atoms with van der Waals surface area (Å²) in [6, 6.07) is 8.85. The number of nitrogens with one attached hydrogen (secondary N) is 1. The lowest BCUT2D eigenvalue weighted by molar-refractivity contribution is -0.120. The van der Waals surface area contributed by atoms with Crippen LogP contribution in [0.25, 0.3) is 0 Å². The number of likely N-dealkylation sites (N-methyl/N-ethyl adjacent to an activating group) is 1. The highest BCUT2D eigenvalue weighted by atomic mass is 35.5. The second kappa shape index (κ2) is 7.97. The average molecular weight is 357 g/mol. The molecule has 0 radical (unpaired) electrons. The molecule has 0 saturated carbocycles. The third-order valence-electron chi connectivity index (χ3n) is 3.46. The van der Waals surface area contributed by atoms with Crippen molar-refractivity contribution in [3.63, 3.8) is 0 Å². The van der Waals surface area contributed by atoms with Crippen molar-refractivity contribution in [2.24, 2.45) is 0 Å². The van der Waals surface area contributed by atoms with Gasteiger partial charge < -0.3 is 5.32 Å². The summed E-state index contributed by atoms with van der Waals surface area (Å²) in [5.41, 5.74) is 0.540. The highest BCUT2D eigenvalue weighted by Crippen LogP contribution is 2.26. The standard InChI is InChI=1S/C16H18Cl2N2OS/c1-3-20(10-13-5-4-8-22-13)11(2)16(21)19-15-9-12(17)6-7-14(15)18/h4-9,11H,3,10H2,1-2H3,(H,19,21)/t11-/m1/s1. The van der Waals surface area contributed by atoms with Crippen molar-refractivity contribution < 1.29 is 4.79 Å². The molecule has 1 amide bonds. The Balaban J connectivity index is 2.05. The molecule has 0 aliphatic rings. The summed E-state index contributed by atoms with van der Waals surface area (Å²) in [7, 11) is 0. The van der Waals surface area contributed by atoms with Gasteiger partial charge >= 0.3 is 0 Å². The third-order valence-corrected chi connectivity index (χ3v) is 4.88. The molecule has 0 aliphatic carbocycles. The summed E-state index contributed by atoms with van der Waals surface area (Å²) in [5, 5.41) is 5.91. The third kappa shape index (κ3) is 4.46. The minimum atomic E-state index is -0.262. The number of rotatable bonds is 6. The fourth-order valence-corrected chi connectivity index (χ4v) is 3.19. The topological polar surface area (TPSA) is 32.3 Å². The first-order valence-corrected chi connectivity index (χ1v) is 8.67. The molecule has 2 rings (SSSR count). The van der Waals surface area contributed by atoms with Crippen LogP contribution in [-0.4, -0.2) is 23.4 Å². The van der Waals surface area contributed by atoms with E-state index in [1.165, 1.54) is 4.88 Å². The van der Waals surface area contributed by atoms with Gasteiger partial charge in [0.1, 0.15) is 0 Å². The molecule has 0 fully saturated rings.